The van der Waals surface area contributed by atoms with E-state index in [4.69, 9.17) is 0 Å². The fraction of sp³-hybridized carbons (Fsp3) is 0.909. The average Bonchev–Trinajstić information content (AvgIpc) is 2.18. The maximum absolute atomic E-state index is 11.1. The minimum Gasteiger partial charge on any atom is -0.343 e. The maximum Gasteiger partial charge on any atom is 0.219 e. The summed E-state index contributed by atoms with van der Waals surface area (Å²) >= 11 is 0. The van der Waals surface area contributed by atoms with Crippen LogP contribution < -0.4 is 5.32 Å². The minimum absolute atomic E-state index is 0.210. The molecule has 1 heterocycles. The minimum atomic E-state index is 0.210. The van der Waals surface area contributed by atoms with Crippen molar-refractivity contribution in [3.8, 4) is 0 Å². The van der Waals surface area contributed by atoms with Gasteiger partial charge in [-0.15, -0.1) is 0 Å². The van der Waals surface area contributed by atoms with Crippen LogP contribution in [0.1, 0.15) is 19.8 Å². The van der Waals surface area contributed by atoms with Crippen molar-refractivity contribution < 1.29 is 4.79 Å². The van der Waals surface area contributed by atoms with E-state index in [1.807, 2.05) is 4.90 Å². The topological polar surface area (TPSA) is 35.6 Å². The summed E-state index contributed by atoms with van der Waals surface area (Å²) in [5.74, 6) is 0.210. The number of piperidine rings is 1. The van der Waals surface area contributed by atoms with E-state index >= 15 is 0 Å². The Morgan fingerprint density at radius 3 is 2.47 bits per heavy atom. The lowest BCUT2D eigenvalue weighted by molar-refractivity contribution is -0.129. The summed E-state index contributed by atoms with van der Waals surface area (Å²) in [6.45, 7) is 5.59. The van der Waals surface area contributed by atoms with Gasteiger partial charge in [0, 0.05) is 39.1 Å². The van der Waals surface area contributed by atoms with Crippen LogP contribution in [-0.4, -0.2) is 62.0 Å². The summed E-state index contributed by atoms with van der Waals surface area (Å²) in [5, 5.41) is 3.53. The molecule has 15 heavy (non-hydrogen) atoms. The molecule has 1 aliphatic heterocycles. The number of amides is 1. The van der Waals surface area contributed by atoms with Gasteiger partial charge in [0.05, 0.1) is 0 Å². The van der Waals surface area contributed by atoms with Crippen LogP contribution in [-0.2, 0) is 4.79 Å². The van der Waals surface area contributed by atoms with E-state index in [1.165, 1.54) is 0 Å². The van der Waals surface area contributed by atoms with Crippen LogP contribution in [0.4, 0.5) is 0 Å². The molecule has 0 atom stereocenters. The number of rotatable bonds is 4. The van der Waals surface area contributed by atoms with Crippen molar-refractivity contribution in [2.45, 2.75) is 25.8 Å². The zero-order valence-electron chi connectivity index (χ0n) is 10.1. The van der Waals surface area contributed by atoms with Crippen molar-refractivity contribution in [3.05, 3.63) is 0 Å². The van der Waals surface area contributed by atoms with Gasteiger partial charge in [0.2, 0.25) is 5.91 Å². The largest absolute Gasteiger partial charge is 0.343 e. The van der Waals surface area contributed by atoms with E-state index < -0.39 is 0 Å². The van der Waals surface area contributed by atoms with Gasteiger partial charge in [-0.2, -0.15) is 0 Å². The van der Waals surface area contributed by atoms with E-state index in [0.717, 1.165) is 39.0 Å². The van der Waals surface area contributed by atoms with E-state index in [-0.39, 0.29) is 5.91 Å². The van der Waals surface area contributed by atoms with Crippen molar-refractivity contribution >= 4 is 5.91 Å². The highest BCUT2D eigenvalue weighted by Crippen LogP contribution is 2.09. The molecule has 0 saturated carbocycles. The van der Waals surface area contributed by atoms with Gasteiger partial charge in [-0.1, -0.05) is 0 Å². The molecule has 0 aliphatic carbocycles. The molecule has 4 heteroatoms. The Balaban J connectivity index is 2.12. The molecule has 0 bridgehead atoms. The number of nitrogens with one attached hydrogen (secondary N) is 1. The zero-order valence-corrected chi connectivity index (χ0v) is 10.1. The normalized spacial score (nSPS) is 18.5. The first kappa shape index (κ1) is 12.5. The molecule has 0 aromatic heterocycles. The van der Waals surface area contributed by atoms with Crippen LogP contribution in [0.3, 0.4) is 0 Å². The third-order valence-corrected chi connectivity index (χ3v) is 2.93. The fourth-order valence-electron chi connectivity index (χ4n) is 1.89. The quantitative estimate of drug-likeness (QED) is 0.722. The maximum atomic E-state index is 11.1. The smallest absolute Gasteiger partial charge is 0.219 e. The molecular weight excluding hydrogens is 190 g/mol. The van der Waals surface area contributed by atoms with Gasteiger partial charge in [0.25, 0.3) is 0 Å². The number of likely N-dealkylation sites (N-methyl/N-ethyl adjacent to an activating group) is 1. The monoisotopic (exact) mass is 213 g/mol. The predicted molar refractivity (Wildman–Crippen MR) is 61.8 cm³/mol. The molecule has 1 saturated heterocycles. The zero-order chi connectivity index (χ0) is 11.3. The molecule has 1 rings (SSSR count). The number of carbonyl (C=O) groups is 1. The Hall–Kier alpha value is -0.610. The summed E-state index contributed by atoms with van der Waals surface area (Å²) < 4.78 is 0. The number of hydrogen-bond acceptors (Lipinski definition) is 3. The van der Waals surface area contributed by atoms with Crippen LogP contribution >= 0.6 is 0 Å². The Kier molecular flexibility index (Phi) is 5.05. The van der Waals surface area contributed by atoms with Crippen LogP contribution in [0.15, 0.2) is 0 Å². The third kappa shape index (κ3) is 4.62. The highest BCUT2D eigenvalue weighted by molar-refractivity contribution is 5.73. The Labute approximate surface area is 92.6 Å². The summed E-state index contributed by atoms with van der Waals surface area (Å²) in [6, 6.07) is 0.598. The molecule has 0 unspecified atom stereocenters. The summed E-state index contributed by atoms with van der Waals surface area (Å²) in [5.41, 5.74) is 0. The second-order valence-corrected chi connectivity index (χ2v) is 4.54. The molecule has 1 aliphatic rings. The Morgan fingerprint density at radius 1 is 1.40 bits per heavy atom. The first-order valence-corrected chi connectivity index (χ1v) is 5.73. The predicted octanol–water partition coefficient (Wildman–Crippen LogP) is 0.149. The Morgan fingerprint density at radius 2 is 2.00 bits per heavy atom. The molecule has 1 amide bonds. The van der Waals surface area contributed by atoms with Crippen molar-refractivity contribution in [1.29, 1.82) is 0 Å². The van der Waals surface area contributed by atoms with Gasteiger partial charge in [-0.3, -0.25) is 4.79 Å². The van der Waals surface area contributed by atoms with Gasteiger partial charge in [0.1, 0.15) is 0 Å². The molecule has 0 spiro atoms. The second-order valence-electron chi connectivity index (χ2n) is 4.54. The first-order chi connectivity index (χ1) is 7.09. The molecule has 4 nitrogen and oxygen atoms in total. The molecular formula is C11H23N3O. The van der Waals surface area contributed by atoms with Gasteiger partial charge >= 0.3 is 0 Å². The highest BCUT2D eigenvalue weighted by Gasteiger charge is 2.19. The van der Waals surface area contributed by atoms with Crippen molar-refractivity contribution in [3.63, 3.8) is 0 Å². The molecule has 88 valence electrons. The van der Waals surface area contributed by atoms with Crippen molar-refractivity contribution in [2.75, 3.05) is 40.3 Å². The van der Waals surface area contributed by atoms with Gasteiger partial charge in [-0.05, 0) is 26.9 Å². The van der Waals surface area contributed by atoms with Crippen molar-refractivity contribution in [2.24, 2.45) is 0 Å². The summed E-state index contributed by atoms with van der Waals surface area (Å²) in [7, 11) is 4.17. The second kappa shape index (κ2) is 6.08. The number of nitrogens with zero attached hydrogens (tertiary/aromatic N) is 2. The van der Waals surface area contributed by atoms with E-state index in [1.54, 1.807) is 6.92 Å². The third-order valence-electron chi connectivity index (χ3n) is 2.93. The van der Waals surface area contributed by atoms with E-state index in [9.17, 15) is 4.79 Å². The van der Waals surface area contributed by atoms with Gasteiger partial charge < -0.3 is 15.1 Å². The average molecular weight is 213 g/mol. The molecule has 1 N–H and O–H groups in total. The number of carbonyl (C=O) groups excluding carboxylic acids is 1. The van der Waals surface area contributed by atoms with Crippen LogP contribution in [0, 0.1) is 0 Å². The van der Waals surface area contributed by atoms with Crippen LogP contribution in [0.25, 0.3) is 0 Å². The molecule has 0 radical (unpaired) electrons. The number of likely N-dealkylation sites (tertiary alicyclic amines) is 1. The van der Waals surface area contributed by atoms with E-state index in [2.05, 4.69) is 24.3 Å². The Bertz CT molecular complexity index is 198. The fourth-order valence-corrected chi connectivity index (χ4v) is 1.89. The van der Waals surface area contributed by atoms with Gasteiger partial charge in [-0.25, -0.2) is 0 Å². The van der Waals surface area contributed by atoms with Crippen LogP contribution in [0.5, 0.6) is 0 Å². The molecule has 0 aromatic rings. The summed E-state index contributed by atoms with van der Waals surface area (Å²) in [4.78, 5) is 15.2. The molecule has 1 fully saturated rings. The lowest BCUT2D eigenvalue weighted by atomic mass is 10.1. The highest BCUT2D eigenvalue weighted by atomic mass is 16.2. The first-order valence-electron chi connectivity index (χ1n) is 5.73. The van der Waals surface area contributed by atoms with Gasteiger partial charge in [0.15, 0.2) is 0 Å². The van der Waals surface area contributed by atoms with E-state index in [0.29, 0.717) is 6.04 Å². The molecule has 0 aromatic carbocycles. The SMILES string of the molecule is CC(=O)N1CCC(NCCN(C)C)CC1. The summed E-state index contributed by atoms with van der Waals surface area (Å²) in [6.07, 6.45) is 2.18. The van der Waals surface area contributed by atoms with Crippen molar-refractivity contribution in [1.82, 2.24) is 15.1 Å². The lowest BCUT2D eigenvalue weighted by Gasteiger charge is -2.32. The van der Waals surface area contributed by atoms with Crippen LogP contribution in [0.2, 0.25) is 0 Å². The standard InChI is InChI=1S/C11H23N3O/c1-10(15)14-7-4-11(5-8-14)12-6-9-13(2)3/h11-12H,4-9H2,1-3H3. The lowest BCUT2D eigenvalue weighted by Crippen LogP contribution is -2.45. The number of hydrogen-bond donors (Lipinski definition) is 1.